The minimum atomic E-state index is -0.523. The lowest BCUT2D eigenvalue weighted by Crippen LogP contribution is -2.28. The van der Waals surface area contributed by atoms with Crippen LogP contribution >= 0.6 is 11.6 Å². The van der Waals surface area contributed by atoms with Crippen molar-refractivity contribution in [2.75, 3.05) is 12.3 Å². The first-order chi connectivity index (χ1) is 13.9. The Morgan fingerprint density at radius 3 is 2.28 bits per heavy atom. The lowest BCUT2D eigenvalue weighted by atomic mass is 10.0. The predicted octanol–water partition coefficient (Wildman–Crippen LogP) is 3.42. The number of amides is 2. The van der Waals surface area contributed by atoms with E-state index in [9.17, 15) is 14.0 Å². The third-order valence-electron chi connectivity index (χ3n) is 3.72. The van der Waals surface area contributed by atoms with Gasteiger partial charge in [-0.15, -0.1) is 0 Å². The van der Waals surface area contributed by atoms with Gasteiger partial charge in [-0.3, -0.25) is 9.59 Å². The van der Waals surface area contributed by atoms with Gasteiger partial charge >= 0.3 is 0 Å². The number of hydrogen-bond acceptors (Lipinski definition) is 4. The van der Waals surface area contributed by atoms with Crippen LogP contribution in [0.4, 0.5) is 10.2 Å². The summed E-state index contributed by atoms with van der Waals surface area (Å²) in [5.74, 6) is -1.30. The van der Waals surface area contributed by atoms with Gasteiger partial charge in [0.15, 0.2) is 0 Å². The first-order valence-corrected chi connectivity index (χ1v) is 9.03. The quantitative estimate of drug-likeness (QED) is 0.593. The van der Waals surface area contributed by atoms with Gasteiger partial charge in [0.2, 0.25) is 5.91 Å². The number of benzene rings is 2. The molecule has 0 bridgehead atoms. The molecule has 0 saturated carbocycles. The molecule has 3 aromatic rings. The monoisotopic (exact) mass is 414 g/mol. The molecule has 0 aliphatic rings. The molecule has 2 amide bonds. The van der Waals surface area contributed by atoms with Crippen molar-refractivity contribution in [3.8, 4) is 11.1 Å². The van der Waals surface area contributed by atoms with E-state index in [1.165, 1.54) is 18.3 Å². The third-order valence-corrected chi connectivity index (χ3v) is 3.98. The second-order valence-electron chi connectivity index (χ2n) is 5.90. The molecule has 150 valence electrons. The summed E-state index contributed by atoms with van der Waals surface area (Å²) < 4.78 is 14.0. The zero-order valence-electron chi connectivity index (χ0n) is 15.4. The van der Waals surface area contributed by atoms with Crippen LogP contribution in [0.2, 0.25) is 5.02 Å². The molecule has 8 heteroatoms. The van der Waals surface area contributed by atoms with Gasteiger partial charge in [0, 0.05) is 35.3 Å². The summed E-state index contributed by atoms with van der Waals surface area (Å²) >= 11 is 5.54. The Hall–Kier alpha value is -3.45. The Morgan fingerprint density at radius 1 is 1.03 bits per heavy atom. The molecule has 1 aromatic heterocycles. The number of carbonyl (C=O) groups excluding carboxylic acids is 2. The fourth-order valence-corrected chi connectivity index (χ4v) is 2.51. The van der Waals surface area contributed by atoms with E-state index >= 15 is 0 Å². The predicted molar refractivity (Wildman–Crippen MR) is 112 cm³/mol. The fraction of sp³-hybridized carbons (Fsp3) is 0.0952. The standard InChI is InChI=1S/C15H15FN4O2.C6H5Cl/c16-12-4-2-1-3-9(12)10-7-13(17)20-8-11(10)15(22)19-6-5-14(18)21;7-6-4-2-1-3-5-6/h1-4,7-8H,5-6H2,(H2,17,20)(H2,18,21)(H,19,22);1-5H. The summed E-state index contributed by atoms with van der Waals surface area (Å²) in [6.07, 6.45) is 1.29. The molecule has 0 unspecified atom stereocenters. The highest BCUT2D eigenvalue weighted by atomic mass is 35.5. The molecule has 0 saturated heterocycles. The van der Waals surface area contributed by atoms with E-state index in [0.29, 0.717) is 5.56 Å². The number of halogens is 2. The molecular weight excluding hydrogens is 395 g/mol. The van der Waals surface area contributed by atoms with Crippen molar-refractivity contribution in [3.05, 3.63) is 83.3 Å². The molecule has 6 nitrogen and oxygen atoms in total. The molecule has 2 aromatic carbocycles. The normalized spacial score (nSPS) is 9.86. The van der Waals surface area contributed by atoms with Crippen molar-refractivity contribution in [1.82, 2.24) is 10.3 Å². The van der Waals surface area contributed by atoms with E-state index in [4.69, 9.17) is 23.1 Å². The summed E-state index contributed by atoms with van der Waals surface area (Å²) in [6.45, 7) is 0.0925. The number of nitrogen functional groups attached to an aromatic ring is 1. The maximum Gasteiger partial charge on any atom is 0.253 e. The van der Waals surface area contributed by atoms with Crippen LogP contribution in [0.5, 0.6) is 0 Å². The molecule has 0 aliphatic carbocycles. The molecule has 0 aliphatic heterocycles. The summed E-state index contributed by atoms with van der Waals surface area (Å²) in [5, 5.41) is 3.33. The fourth-order valence-electron chi connectivity index (χ4n) is 2.36. The molecule has 0 radical (unpaired) electrons. The lowest BCUT2D eigenvalue weighted by Gasteiger charge is -2.11. The van der Waals surface area contributed by atoms with E-state index in [-0.39, 0.29) is 29.9 Å². The summed E-state index contributed by atoms with van der Waals surface area (Å²) in [7, 11) is 0. The van der Waals surface area contributed by atoms with E-state index in [0.717, 1.165) is 5.02 Å². The summed E-state index contributed by atoms with van der Waals surface area (Å²) in [6, 6.07) is 16.9. The molecule has 29 heavy (non-hydrogen) atoms. The maximum atomic E-state index is 14.0. The lowest BCUT2D eigenvalue weighted by molar-refractivity contribution is -0.117. The van der Waals surface area contributed by atoms with Crippen LogP contribution in [-0.2, 0) is 4.79 Å². The first-order valence-electron chi connectivity index (χ1n) is 8.66. The highest BCUT2D eigenvalue weighted by Crippen LogP contribution is 2.27. The van der Waals surface area contributed by atoms with Crippen molar-refractivity contribution >= 4 is 29.2 Å². The molecule has 1 heterocycles. The molecular formula is C21H20ClFN4O2. The van der Waals surface area contributed by atoms with Gasteiger partial charge in [-0.1, -0.05) is 48.0 Å². The number of carbonyl (C=O) groups is 2. The highest BCUT2D eigenvalue weighted by molar-refractivity contribution is 6.30. The summed E-state index contributed by atoms with van der Waals surface area (Å²) in [4.78, 5) is 26.7. The van der Waals surface area contributed by atoms with Crippen LogP contribution in [0.1, 0.15) is 16.8 Å². The van der Waals surface area contributed by atoms with E-state index in [1.54, 1.807) is 18.2 Å². The number of primary amides is 1. The number of nitrogens with one attached hydrogen (secondary N) is 1. The van der Waals surface area contributed by atoms with Gasteiger partial charge in [0.05, 0.1) is 5.56 Å². The smallest absolute Gasteiger partial charge is 0.253 e. The van der Waals surface area contributed by atoms with E-state index in [1.807, 2.05) is 30.3 Å². The van der Waals surface area contributed by atoms with Crippen molar-refractivity contribution in [2.45, 2.75) is 6.42 Å². The molecule has 3 rings (SSSR count). The highest BCUT2D eigenvalue weighted by Gasteiger charge is 2.16. The number of nitrogens with two attached hydrogens (primary N) is 2. The Kier molecular flexibility index (Phi) is 8.12. The second-order valence-corrected chi connectivity index (χ2v) is 6.34. The van der Waals surface area contributed by atoms with Gasteiger partial charge < -0.3 is 16.8 Å². The van der Waals surface area contributed by atoms with Gasteiger partial charge in [0.1, 0.15) is 11.6 Å². The number of nitrogens with zero attached hydrogens (tertiary/aromatic N) is 1. The van der Waals surface area contributed by atoms with Gasteiger partial charge in [-0.05, 0) is 24.3 Å². The van der Waals surface area contributed by atoms with Crippen LogP contribution in [0.15, 0.2) is 66.9 Å². The van der Waals surface area contributed by atoms with Crippen LogP contribution in [-0.4, -0.2) is 23.3 Å². The Balaban J connectivity index is 0.000000360. The maximum absolute atomic E-state index is 14.0. The van der Waals surface area contributed by atoms with E-state index in [2.05, 4.69) is 10.3 Å². The Bertz CT molecular complexity index is 983. The zero-order chi connectivity index (χ0) is 21.2. The first kappa shape index (κ1) is 21.8. The van der Waals surface area contributed by atoms with Crippen molar-refractivity contribution in [3.63, 3.8) is 0 Å². The van der Waals surface area contributed by atoms with Crippen LogP contribution in [0.25, 0.3) is 11.1 Å². The van der Waals surface area contributed by atoms with Crippen LogP contribution in [0.3, 0.4) is 0 Å². The van der Waals surface area contributed by atoms with Gasteiger partial charge in [0.25, 0.3) is 5.91 Å². The van der Waals surface area contributed by atoms with E-state index < -0.39 is 17.6 Å². The zero-order valence-corrected chi connectivity index (χ0v) is 16.2. The molecule has 0 spiro atoms. The topological polar surface area (TPSA) is 111 Å². The Labute approximate surface area is 172 Å². The Morgan fingerprint density at radius 2 is 1.69 bits per heavy atom. The summed E-state index contributed by atoms with van der Waals surface area (Å²) in [5.41, 5.74) is 11.4. The largest absolute Gasteiger partial charge is 0.384 e. The van der Waals surface area contributed by atoms with Crippen molar-refractivity contribution in [2.24, 2.45) is 5.73 Å². The van der Waals surface area contributed by atoms with Crippen molar-refractivity contribution in [1.29, 1.82) is 0 Å². The SMILES string of the molecule is Clc1ccccc1.NC(=O)CCNC(=O)c1cnc(N)cc1-c1ccccc1F. The van der Waals surface area contributed by atoms with Crippen molar-refractivity contribution < 1.29 is 14.0 Å². The second kappa shape index (κ2) is 10.8. The minimum absolute atomic E-state index is 0.0170. The average molecular weight is 415 g/mol. The number of hydrogen-bond donors (Lipinski definition) is 3. The number of aromatic nitrogens is 1. The van der Waals surface area contributed by atoms with Gasteiger partial charge in [-0.2, -0.15) is 0 Å². The molecule has 0 fully saturated rings. The van der Waals surface area contributed by atoms with Crippen LogP contribution in [0, 0.1) is 5.82 Å². The number of rotatable bonds is 5. The molecule has 5 N–H and O–H groups in total. The third kappa shape index (κ3) is 6.90. The van der Waals surface area contributed by atoms with Crippen LogP contribution < -0.4 is 16.8 Å². The number of anilines is 1. The average Bonchev–Trinajstić information content (AvgIpc) is 2.69. The number of pyridine rings is 1. The molecule has 0 atom stereocenters. The minimum Gasteiger partial charge on any atom is -0.384 e. The van der Waals surface area contributed by atoms with Gasteiger partial charge in [-0.25, -0.2) is 9.37 Å².